The minimum atomic E-state index is -3.81. The lowest BCUT2D eigenvalue weighted by Crippen LogP contribution is -2.49. The Kier molecular flexibility index (Phi) is 3.96. The summed E-state index contributed by atoms with van der Waals surface area (Å²) in [6, 6.07) is 4.58. The van der Waals surface area contributed by atoms with Gasteiger partial charge in [0.15, 0.2) is 0 Å². The SMILES string of the molecule is CC1CCN(C(=O)c2ccc3c(c2)S(=O)(=O)Nc2ncnn2-3)C(CN)C1. The van der Waals surface area contributed by atoms with Crippen LogP contribution in [0.1, 0.15) is 30.1 Å². The molecule has 26 heavy (non-hydrogen) atoms. The van der Waals surface area contributed by atoms with Crippen LogP contribution in [0.15, 0.2) is 29.4 Å². The number of hydrogen-bond acceptors (Lipinski definition) is 6. The summed E-state index contributed by atoms with van der Waals surface area (Å²) >= 11 is 0. The molecule has 4 rings (SSSR count). The number of likely N-dealkylation sites (tertiary alicyclic amines) is 1. The first-order valence-corrected chi connectivity index (χ1v) is 9.97. The maximum atomic E-state index is 13.0. The molecule has 1 amide bonds. The number of aromatic nitrogens is 3. The Balaban J connectivity index is 1.73. The Labute approximate surface area is 151 Å². The van der Waals surface area contributed by atoms with Gasteiger partial charge in [0.2, 0.25) is 5.95 Å². The summed E-state index contributed by atoms with van der Waals surface area (Å²) in [6.07, 6.45) is 3.04. The summed E-state index contributed by atoms with van der Waals surface area (Å²) in [7, 11) is -3.81. The number of carbonyl (C=O) groups excluding carboxylic acids is 1. The van der Waals surface area contributed by atoms with Gasteiger partial charge in [-0.1, -0.05) is 6.92 Å². The average molecular weight is 376 g/mol. The van der Waals surface area contributed by atoms with Crippen molar-refractivity contribution in [3.63, 3.8) is 0 Å². The fourth-order valence-corrected chi connectivity index (χ4v) is 4.81. The van der Waals surface area contributed by atoms with E-state index in [0.29, 0.717) is 30.3 Å². The third kappa shape index (κ3) is 2.65. The van der Waals surface area contributed by atoms with Crippen molar-refractivity contribution in [2.24, 2.45) is 11.7 Å². The van der Waals surface area contributed by atoms with Gasteiger partial charge in [0.05, 0.1) is 5.69 Å². The first-order chi connectivity index (χ1) is 12.4. The maximum absolute atomic E-state index is 13.0. The molecule has 0 saturated carbocycles. The topological polar surface area (TPSA) is 123 Å². The van der Waals surface area contributed by atoms with Gasteiger partial charge in [-0.05, 0) is 37.0 Å². The lowest BCUT2D eigenvalue weighted by atomic mass is 9.92. The second-order valence-electron chi connectivity index (χ2n) is 6.80. The van der Waals surface area contributed by atoms with Crippen molar-refractivity contribution in [1.82, 2.24) is 19.7 Å². The zero-order chi connectivity index (χ0) is 18.5. The monoisotopic (exact) mass is 376 g/mol. The molecule has 138 valence electrons. The van der Waals surface area contributed by atoms with Gasteiger partial charge in [-0.15, -0.1) is 0 Å². The fourth-order valence-electron chi connectivity index (χ4n) is 3.61. The van der Waals surface area contributed by atoms with Crippen LogP contribution in [0.25, 0.3) is 5.69 Å². The molecule has 0 spiro atoms. The number of anilines is 1. The van der Waals surface area contributed by atoms with E-state index >= 15 is 0 Å². The lowest BCUT2D eigenvalue weighted by Gasteiger charge is -2.38. The Morgan fingerprint density at radius 1 is 1.42 bits per heavy atom. The number of benzene rings is 1. The second kappa shape index (κ2) is 6.06. The Bertz CT molecular complexity index is 970. The third-order valence-corrected chi connectivity index (χ3v) is 6.37. The zero-order valence-corrected chi connectivity index (χ0v) is 15.1. The van der Waals surface area contributed by atoms with Crippen LogP contribution < -0.4 is 10.5 Å². The van der Waals surface area contributed by atoms with Gasteiger partial charge in [0, 0.05) is 24.7 Å². The number of amides is 1. The van der Waals surface area contributed by atoms with E-state index in [0.717, 1.165) is 12.8 Å². The largest absolute Gasteiger partial charge is 0.334 e. The first-order valence-electron chi connectivity index (χ1n) is 8.49. The Morgan fingerprint density at radius 2 is 2.23 bits per heavy atom. The summed E-state index contributed by atoms with van der Waals surface area (Å²) in [5, 5.41) is 4.03. The van der Waals surface area contributed by atoms with E-state index < -0.39 is 10.0 Å². The van der Waals surface area contributed by atoms with E-state index in [1.165, 1.54) is 17.1 Å². The third-order valence-electron chi connectivity index (χ3n) is 5.01. The highest BCUT2D eigenvalue weighted by Crippen LogP contribution is 2.31. The molecule has 0 bridgehead atoms. The van der Waals surface area contributed by atoms with Gasteiger partial charge >= 0.3 is 0 Å². The summed E-state index contributed by atoms with van der Waals surface area (Å²) < 4.78 is 28.8. The molecule has 1 aromatic heterocycles. The molecule has 1 saturated heterocycles. The number of nitrogens with zero attached hydrogens (tertiary/aromatic N) is 4. The second-order valence-corrected chi connectivity index (χ2v) is 8.45. The van der Waals surface area contributed by atoms with Crippen LogP contribution >= 0.6 is 0 Å². The lowest BCUT2D eigenvalue weighted by molar-refractivity contribution is 0.0573. The van der Waals surface area contributed by atoms with E-state index in [2.05, 4.69) is 21.7 Å². The van der Waals surface area contributed by atoms with E-state index in [1.807, 2.05) is 0 Å². The van der Waals surface area contributed by atoms with Crippen molar-refractivity contribution in [1.29, 1.82) is 0 Å². The Morgan fingerprint density at radius 3 is 3.00 bits per heavy atom. The quantitative estimate of drug-likeness (QED) is 0.790. The zero-order valence-electron chi connectivity index (χ0n) is 14.3. The van der Waals surface area contributed by atoms with Crippen molar-refractivity contribution in [2.75, 3.05) is 17.8 Å². The van der Waals surface area contributed by atoms with Crippen molar-refractivity contribution < 1.29 is 13.2 Å². The standard InChI is InChI=1S/C16H20N6O3S/c1-10-4-5-21(12(6-10)8-17)15(23)11-2-3-13-14(7-11)26(24,25)20-16-18-9-19-22(13)16/h2-3,7,9-10,12H,4-6,8,17H2,1H3,(H,18,19,20). The van der Waals surface area contributed by atoms with Crippen LogP contribution in [-0.2, 0) is 10.0 Å². The van der Waals surface area contributed by atoms with Crippen LogP contribution in [0.4, 0.5) is 5.95 Å². The minimum absolute atomic E-state index is 0.0102. The van der Waals surface area contributed by atoms with Crippen molar-refractivity contribution >= 4 is 21.9 Å². The highest BCUT2D eigenvalue weighted by Gasteiger charge is 2.33. The summed E-state index contributed by atoms with van der Waals surface area (Å²) in [5.74, 6) is 0.450. The Hall–Kier alpha value is -2.46. The number of hydrogen-bond donors (Lipinski definition) is 2. The first kappa shape index (κ1) is 17.0. The number of nitrogens with two attached hydrogens (primary N) is 1. The van der Waals surface area contributed by atoms with Gasteiger partial charge < -0.3 is 10.6 Å². The van der Waals surface area contributed by atoms with Gasteiger partial charge in [0.25, 0.3) is 15.9 Å². The van der Waals surface area contributed by atoms with E-state index in [9.17, 15) is 13.2 Å². The predicted molar refractivity (Wildman–Crippen MR) is 94.4 cm³/mol. The average Bonchev–Trinajstić information content (AvgIpc) is 3.08. The molecule has 1 fully saturated rings. The summed E-state index contributed by atoms with van der Waals surface area (Å²) in [4.78, 5) is 18.6. The minimum Gasteiger partial charge on any atom is -0.334 e. The molecular formula is C16H20N6O3S. The molecular weight excluding hydrogens is 356 g/mol. The maximum Gasteiger partial charge on any atom is 0.266 e. The molecule has 3 N–H and O–H groups in total. The normalized spacial score (nSPS) is 23.7. The number of sulfonamides is 1. The van der Waals surface area contributed by atoms with Crippen LogP contribution in [0.2, 0.25) is 0 Å². The van der Waals surface area contributed by atoms with Crippen LogP contribution in [0.5, 0.6) is 0 Å². The number of nitrogens with one attached hydrogen (secondary N) is 1. The molecule has 2 atom stereocenters. The van der Waals surface area contributed by atoms with Crippen molar-refractivity contribution in [3.05, 3.63) is 30.1 Å². The van der Waals surface area contributed by atoms with Gasteiger partial charge in [-0.3, -0.25) is 4.79 Å². The molecule has 2 aliphatic rings. The number of carbonyl (C=O) groups is 1. The predicted octanol–water partition coefficient (Wildman–Crippen LogP) is 0.581. The molecule has 1 aromatic carbocycles. The summed E-state index contributed by atoms with van der Waals surface area (Å²) in [5.41, 5.74) is 6.54. The number of piperidine rings is 1. The smallest absolute Gasteiger partial charge is 0.266 e. The van der Waals surface area contributed by atoms with Crippen LogP contribution in [-0.4, -0.2) is 53.1 Å². The molecule has 2 aliphatic heterocycles. The summed E-state index contributed by atoms with van der Waals surface area (Å²) in [6.45, 7) is 3.16. The van der Waals surface area contributed by atoms with Crippen molar-refractivity contribution in [2.45, 2.75) is 30.7 Å². The van der Waals surface area contributed by atoms with Gasteiger partial charge in [-0.25, -0.2) is 13.1 Å². The van der Waals surface area contributed by atoms with Gasteiger partial charge in [0.1, 0.15) is 11.2 Å². The van der Waals surface area contributed by atoms with Gasteiger partial charge in [-0.2, -0.15) is 14.8 Å². The van der Waals surface area contributed by atoms with Crippen LogP contribution in [0.3, 0.4) is 0 Å². The molecule has 9 nitrogen and oxygen atoms in total. The van der Waals surface area contributed by atoms with E-state index in [4.69, 9.17) is 5.73 Å². The van der Waals surface area contributed by atoms with Crippen molar-refractivity contribution in [3.8, 4) is 5.69 Å². The highest BCUT2D eigenvalue weighted by atomic mass is 32.2. The fraction of sp³-hybridized carbons (Fsp3) is 0.438. The molecule has 0 radical (unpaired) electrons. The molecule has 2 unspecified atom stereocenters. The van der Waals surface area contributed by atoms with E-state index in [-0.39, 0.29) is 22.8 Å². The molecule has 3 heterocycles. The van der Waals surface area contributed by atoms with E-state index in [1.54, 1.807) is 17.0 Å². The molecule has 10 heteroatoms. The highest BCUT2D eigenvalue weighted by molar-refractivity contribution is 7.93. The molecule has 0 aliphatic carbocycles. The number of fused-ring (bicyclic) bond motifs is 3. The number of rotatable bonds is 2. The molecule has 2 aromatic rings. The van der Waals surface area contributed by atoms with Crippen LogP contribution in [0, 0.1) is 5.92 Å².